The summed E-state index contributed by atoms with van der Waals surface area (Å²) in [6, 6.07) is -2.28. The third-order valence-electron chi connectivity index (χ3n) is 8.43. The first-order chi connectivity index (χ1) is 24.3. The number of carbonyl (C=O) groups is 8. The van der Waals surface area contributed by atoms with E-state index in [1.165, 1.54) is 24.0 Å². The second-order valence-corrected chi connectivity index (χ2v) is 13.0. The number of aliphatic hydroxyl groups is 1. The van der Waals surface area contributed by atoms with Gasteiger partial charge in [0.25, 0.3) is 0 Å². The summed E-state index contributed by atoms with van der Waals surface area (Å²) in [5.41, 5.74) is 11.7. The number of likely N-dealkylation sites (tertiary alicyclic amines) is 1. The summed E-state index contributed by atoms with van der Waals surface area (Å²) < 4.78 is 0. The van der Waals surface area contributed by atoms with Crippen LogP contribution in [0.25, 0.3) is 0 Å². The second kappa shape index (κ2) is 19.9. The minimum atomic E-state index is -1.62. The van der Waals surface area contributed by atoms with Gasteiger partial charge in [0.05, 0.1) is 12.1 Å². The van der Waals surface area contributed by atoms with Crippen molar-refractivity contribution in [1.29, 1.82) is 0 Å². The summed E-state index contributed by atoms with van der Waals surface area (Å²) in [5, 5.41) is 48.2. The van der Waals surface area contributed by atoms with Crippen molar-refractivity contribution >= 4 is 47.4 Å². The molecule has 6 amide bonds. The van der Waals surface area contributed by atoms with E-state index in [2.05, 4.69) is 21.3 Å². The van der Waals surface area contributed by atoms with Crippen LogP contribution in [0.1, 0.15) is 64.9 Å². The van der Waals surface area contributed by atoms with E-state index in [1.54, 1.807) is 26.0 Å². The molecule has 1 aromatic carbocycles. The zero-order chi connectivity index (χ0) is 39.3. The molecule has 288 valence electrons. The van der Waals surface area contributed by atoms with Gasteiger partial charge in [0.2, 0.25) is 35.4 Å². The number of nitrogens with zero attached hydrogens (tertiary/aromatic N) is 1. The summed E-state index contributed by atoms with van der Waals surface area (Å²) in [5.74, 6) is -8.33. The number of hydrogen-bond donors (Lipinski definition) is 10. The molecule has 1 aliphatic rings. The first-order valence-corrected chi connectivity index (χ1v) is 16.8. The largest absolute Gasteiger partial charge is 0.508 e. The summed E-state index contributed by atoms with van der Waals surface area (Å²) in [6.45, 7) is 4.50. The quantitative estimate of drug-likeness (QED) is 0.0660. The monoisotopic (exact) mass is 735 g/mol. The van der Waals surface area contributed by atoms with Crippen LogP contribution in [0, 0.1) is 5.92 Å². The molecule has 0 saturated carbocycles. The van der Waals surface area contributed by atoms with E-state index in [1.807, 2.05) is 0 Å². The highest BCUT2D eigenvalue weighted by molar-refractivity contribution is 5.97. The number of benzene rings is 1. The number of nitrogens with one attached hydrogen (secondary N) is 4. The molecule has 7 atom stereocenters. The smallest absolute Gasteiger partial charge is 0.326 e. The highest BCUT2D eigenvalue weighted by atomic mass is 16.4. The molecular formula is C33H49N7O12. The number of carboxylic acids is 2. The Morgan fingerprint density at radius 3 is 1.96 bits per heavy atom. The van der Waals surface area contributed by atoms with Crippen LogP contribution in [0.3, 0.4) is 0 Å². The van der Waals surface area contributed by atoms with Crippen LogP contribution in [-0.2, 0) is 44.8 Å². The summed E-state index contributed by atoms with van der Waals surface area (Å²) >= 11 is 0. The minimum Gasteiger partial charge on any atom is -0.508 e. The number of carbonyl (C=O) groups excluding carboxylic acids is 6. The molecule has 1 heterocycles. The van der Waals surface area contributed by atoms with Crippen LogP contribution >= 0.6 is 0 Å². The van der Waals surface area contributed by atoms with Crippen LogP contribution in [0.4, 0.5) is 0 Å². The SMILES string of the molecule is CC(C)[C@@H](NC(=O)[C@H](CCC(=O)O)NC(=O)[C@H](NC(=O)[C@H](N)Cc1ccc(O)cc1)[C@@H](C)O)C(=O)N1CCC[C@H]1C(=O)N[C@@H](CCC(N)=O)C(=O)O. The lowest BCUT2D eigenvalue weighted by atomic mass is 10.0. The first-order valence-electron chi connectivity index (χ1n) is 16.8. The maximum absolute atomic E-state index is 13.8. The lowest BCUT2D eigenvalue weighted by molar-refractivity contribution is -0.145. The molecule has 0 spiro atoms. The van der Waals surface area contributed by atoms with Crippen molar-refractivity contribution in [3.8, 4) is 5.75 Å². The Morgan fingerprint density at radius 2 is 1.42 bits per heavy atom. The van der Waals surface area contributed by atoms with E-state index in [-0.39, 0.29) is 38.0 Å². The third-order valence-corrected chi connectivity index (χ3v) is 8.43. The van der Waals surface area contributed by atoms with Crippen LogP contribution in [0.2, 0.25) is 0 Å². The topological polar surface area (TPSA) is 321 Å². The summed E-state index contributed by atoms with van der Waals surface area (Å²) in [7, 11) is 0. The Balaban J connectivity index is 2.20. The Labute approximate surface area is 299 Å². The highest BCUT2D eigenvalue weighted by Crippen LogP contribution is 2.21. The number of carboxylic acid groups (broad SMARTS) is 2. The molecule has 1 saturated heterocycles. The molecule has 0 bridgehead atoms. The standard InChI is InChI=1S/C33H49N7O12/c1-16(2)26(32(50)40-14-4-5-23(40)30(48)37-22(33(51)52)10-12-24(35)43)38-29(47)21(11-13-25(44)45)36-31(49)27(17(3)41)39-28(46)20(34)15-18-6-8-19(42)9-7-18/h6-9,16-17,20-23,26-27,41-42H,4-5,10-15,34H2,1-3H3,(H2,35,43)(H,36,49)(H,37,48)(H,38,47)(H,39,46)(H,44,45)(H,51,52)/t17-,20-,21+,22+,23+,26-,27-/m1/s1. The number of phenols is 1. The molecule has 52 heavy (non-hydrogen) atoms. The molecule has 19 heteroatoms. The van der Waals surface area contributed by atoms with Gasteiger partial charge in [0.1, 0.15) is 36.0 Å². The number of primary amides is 1. The van der Waals surface area contributed by atoms with Gasteiger partial charge in [0.15, 0.2) is 0 Å². The number of rotatable bonds is 20. The van der Waals surface area contributed by atoms with Gasteiger partial charge in [-0.2, -0.15) is 0 Å². The number of aliphatic hydroxyl groups excluding tert-OH is 1. The number of amides is 6. The van der Waals surface area contributed by atoms with Gasteiger partial charge >= 0.3 is 11.9 Å². The van der Waals surface area contributed by atoms with Crippen molar-refractivity contribution in [2.45, 2.75) is 108 Å². The van der Waals surface area contributed by atoms with E-state index in [9.17, 15) is 58.8 Å². The maximum Gasteiger partial charge on any atom is 0.326 e. The number of nitrogens with two attached hydrogens (primary N) is 2. The number of phenolic OH excluding ortho intramolecular Hbond substituents is 1. The van der Waals surface area contributed by atoms with Crippen LogP contribution in [0.15, 0.2) is 24.3 Å². The van der Waals surface area contributed by atoms with E-state index in [0.29, 0.717) is 12.0 Å². The molecule has 0 radical (unpaired) electrons. The normalized spacial score (nSPS) is 17.5. The van der Waals surface area contributed by atoms with Crippen molar-refractivity contribution in [1.82, 2.24) is 26.2 Å². The minimum absolute atomic E-state index is 0.00618. The van der Waals surface area contributed by atoms with Gasteiger partial charge in [-0.15, -0.1) is 0 Å². The Bertz CT molecular complexity index is 1470. The van der Waals surface area contributed by atoms with Crippen molar-refractivity contribution in [2.24, 2.45) is 17.4 Å². The maximum atomic E-state index is 13.8. The average molecular weight is 736 g/mol. The Hall–Kier alpha value is -5.30. The fraction of sp³-hybridized carbons (Fsp3) is 0.576. The summed E-state index contributed by atoms with van der Waals surface area (Å²) in [4.78, 5) is 102. The van der Waals surface area contributed by atoms with Crippen molar-refractivity contribution in [3.63, 3.8) is 0 Å². The molecule has 2 rings (SSSR count). The van der Waals surface area contributed by atoms with Gasteiger partial charge in [-0.05, 0) is 62.6 Å². The van der Waals surface area contributed by atoms with Crippen molar-refractivity contribution in [3.05, 3.63) is 29.8 Å². The molecule has 0 aromatic heterocycles. The number of aromatic hydroxyl groups is 1. The second-order valence-electron chi connectivity index (χ2n) is 13.0. The predicted octanol–water partition coefficient (Wildman–Crippen LogP) is -2.56. The highest BCUT2D eigenvalue weighted by Gasteiger charge is 2.41. The lowest BCUT2D eigenvalue weighted by Gasteiger charge is -2.32. The van der Waals surface area contributed by atoms with Crippen molar-refractivity contribution < 1.29 is 58.8 Å². The molecule has 1 aromatic rings. The average Bonchev–Trinajstić information content (AvgIpc) is 3.56. The molecule has 1 aliphatic heterocycles. The van der Waals surface area contributed by atoms with Gasteiger partial charge in [-0.25, -0.2) is 4.79 Å². The zero-order valence-electron chi connectivity index (χ0n) is 29.2. The van der Waals surface area contributed by atoms with E-state index >= 15 is 0 Å². The third kappa shape index (κ3) is 13.1. The molecule has 1 fully saturated rings. The fourth-order valence-corrected chi connectivity index (χ4v) is 5.50. The van der Waals surface area contributed by atoms with E-state index in [4.69, 9.17) is 11.5 Å². The molecular weight excluding hydrogens is 686 g/mol. The molecule has 12 N–H and O–H groups in total. The fourth-order valence-electron chi connectivity index (χ4n) is 5.50. The van der Waals surface area contributed by atoms with E-state index < -0.39 is 108 Å². The van der Waals surface area contributed by atoms with Gasteiger partial charge in [-0.3, -0.25) is 33.6 Å². The van der Waals surface area contributed by atoms with Crippen LogP contribution in [-0.4, -0.2) is 122 Å². The van der Waals surface area contributed by atoms with Gasteiger partial charge < -0.3 is 58.1 Å². The zero-order valence-corrected chi connectivity index (χ0v) is 29.2. The summed E-state index contributed by atoms with van der Waals surface area (Å²) in [6.07, 6.45) is -2.51. The Kier molecular flexibility index (Phi) is 16.4. The first kappa shape index (κ1) is 42.9. The molecule has 0 unspecified atom stereocenters. The number of hydrogen-bond acceptors (Lipinski definition) is 11. The Morgan fingerprint density at radius 1 is 0.827 bits per heavy atom. The van der Waals surface area contributed by atoms with Crippen LogP contribution < -0.4 is 32.7 Å². The lowest BCUT2D eigenvalue weighted by Crippen LogP contribution is -2.61. The van der Waals surface area contributed by atoms with E-state index in [0.717, 1.165) is 0 Å². The predicted molar refractivity (Wildman–Crippen MR) is 182 cm³/mol. The van der Waals surface area contributed by atoms with Gasteiger partial charge in [0, 0.05) is 19.4 Å². The van der Waals surface area contributed by atoms with Crippen LogP contribution in [0.5, 0.6) is 5.75 Å². The van der Waals surface area contributed by atoms with Gasteiger partial charge in [-0.1, -0.05) is 26.0 Å². The molecule has 19 nitrogen and oxygen atoms in total. The number of aliphatic carboxylic acids is 2. The molecule has 0 aliphatic carbocycles. The van der Waals surface area contributed by atoms with Crippen molar-refractivity contribution in [2.75, 3.05) is 6.54 Å².